The van der Waals surface area contributed by atoms with Crippen molar-refractivity contribution in [1.82, 2.24) is 10.2 Å². The molecule has 1 aromatic carbocycles. The lowest BCUT2D eigenvalue weighted by atomic mass is 10.0. The number of hydrogen-bond donors (Lipinski definition) is 2. The second kappa shape index (κ2) is 3.07. The average Bonchev–Trinajstić information content (AvgIpc) is 2.64. The first kappa shape index (κ1) is 9.39. The summed E-state index contributed by atoms with van der Waals surface area (Å²) >= 11 is 0. The van der Waals surface area contributed by atoms with E-state index >= 15 is 0 Å². The molecule has 2 aromatic rings. The number of rotatable bonds is 0. The Bertz CT molecular complexity index is 681. The predicted molar refractivity (Wildman–Crippen MR) is 61.9 cm³/mol. The molecule has 1 aliphatic rings. The molecule has 16 heavy (non-hydrogen) atoms. The average molecular weight is 216 g/mol. The van der Waals surface area contributed by atoms with E-state index in [2.05, 4.69) is 17.1 Å². The Morgan fingerprint density at radius 1 is 1.12 bits per heavy atom. The molecule has 0 saturated heterocycles. The lowest BCUT2D eigenvalue weighted by Gasteiger charge is -2.05. The summed E-state index contributed by atoms with van der Waals surface area (Å²) in [5.74, 6) is 0.484. The normalized spacial score (nSPS) is 18.9. The van der Waals surface area contributed by atoms with E-state index < -0.39 is 0 Å². The maximum absolute atomic E-state index is 11.6. The van der Waals surface area contributed by atoms with Crippen LogP contribution < -0.4 is 11.1 Å². The van der Waals surface area contributed by atoms with Crippen LogP contribution in [0.5, 0.6) is 0 Å². The van der Waals surface area contributed by atoms with Crippen LogP contribution in [0.15, 0.2) is 21.7 Å². The van der Waals surface area contributed by atoms with Crippen molar-refractivity contribution in [3.63, 3.8) is 0 Å². The fourth-order valence-electron chi connectivity index (χ4n) is 2.49. The Kier molecular flexibility index (Phi) is 1.80. The fourth-order valence-corrected chi connectivity index (χ4v) is 2.49. The molecule has 1 aliphatic carbocycles. The number of benzene rings is 1. The van der Waals surface area contributed by atoms with E-state index in [1.54, 1.807) is 0 Å². The molecule has 82 valence electrons. The van der Waals surface area contributed by atoms with Gasteiger partial charge in [0, 0.05) is 0 Å². The van der Waals surface area contributed by atoms with Gasteiger partial charge in [0.25, 0.3) is 11.1 Å². The third-order valence-electron chi connectivity index (χ3n) is 3.44. The number of aryl methyl sites for hydroxylation is 1. The van der Waals surface area contributed by atoms with Crippen molar-refractivity contribution in [2.75, 3.05) is 0 Å². The molecule has 3 rings (SSSR count). The second-order valence-corrected chi connectivity index (χ2v) is 4.44. The Hall–Kier alpha value is -1.84. The molecule has 1 heterocycles. The van der Waals surface area contributed by atoms with Crippen molar-refractivity contribution in [2.45, 2.75) is 25.7 Å². The van der Waals surface area contributed by atoms with Crippen LogP contribution in [0.3, 0.4) is 0 Å². The first-order valence-electron chi connectivity index (χ1n) is 5.44. The molecule has 4 nitrogen and oxygen atoms in total. The van der Waals surface area contributed by atoms with Gasteiger partial charge in [-0.25, -0.2) is 0 Å². The van der Waals surface area contributed by atoms with Crippen molar-refractivity contribution in [2.24, 2.45) is 0 Å². The van der Waals surface area contributed by atoms with E-state index in [1.807, 2.05) is 12.1 Å². The second-order valence-electron chi connectivity index (χ2n) is 4.44. The van der Waals surface area contributed by atoms with Crippen LogP contribution in [0, 0.1) is 0 Å². The zero-order chi connectivity index (χ0) is 11.3. The first-order valence-corrected chi connectivity index (χ1v) is 5.44. The number of hydrogen-bond acceptors (Lipinski definition) is 2. The molecule has 0 saturated carbocycles. The van der Waals surface area contributed by atoms with Gasteiger partial charge in [0.05, 0.1) is 10.8 Å². The smallest absolute Gasteiger partial charge is 0.267 e. The van der Waals surface area contributed by atoms with E-state index in [4.69, 9.17) is 0 Å². The summed E-state index contributed by atoms with van der Waals surface area (Å²) in [7, 11) is 0. The summed E-state index contributed by atoms with van der Waals surface area (Å²) in [6, 6.07) is 3.73. The van der Waals surface area contributed by atoms with Gasteiger partial charge < -0.3 is 0 Å². The van der Waals surface area contributed by atoms with E-state index in [0.29, 0.717) is 16.7 Å². The summed E-state index contributed by atoms with van der Waals surface area (Å²) in [4.78, 5) is 23.2. The van der Waals surface area contributed by atoms with Crippen LogP contribution in [-0.2, 0) is 6.42 Å². The van der Waals surface area contributed by atoms with Crippen LogP contribution in [-0.4, -0.2) is 10.2 Å². The molecule has 0 amide bonds. The van der Waals surface area contributed by atoms with Crippen molar-refractivity contribution >= 4 is 10.8 Å². The summed E-state index contributed by atoms with van der Waals surface area (Å²) in [5, 5.41) is 5.70. The number of aromatic nitrogens is 2. The molecule has 0 radical (unpaired) electrons. The van der Waals surface area contributed by atoms with Gasteiger partial charge in [-0.3, -0.25) is 19.8 Å². The molecular formula is C12H12N2O2. The largest absolute Gasteiger partial charge is 0.270 e. The Morgan fingerprint density at radius 3 is 2.44 bits per heavy atom. The van der Waals surface area contributed by atoms with Gasteiger partial charge in [-0.1, -0.05) is 6.92 Å². The highest BCUT2D eigenvalue weighted by atomic mass is 16.1. The fraction of sp³-hybridized carbons (Fsp3) is 0.333. The predicted octanol–water partition coefficient (Wildman–Crippen LogP) is 1.27. The topological polar surface area (TPSA) is 65.7 Å². The minimum Gasteiger partial charge on any atom is -0.267 e. The van der Waals surface area contributed by atoms with E-state index in [1.165, 1.54) is 11.1 Å². The molecule has 2 N–H and O–H groups in total. The molecule has 0 bridgehead atoms. The molecular weight excluding hydrogens is 204 g/mol. The van der Waals surface area contributed by atoms with Crippen LogP contribution in [0.2, 0.25) is 0 Å². The van der Waals surface area contributed by atoms with Crippen molar-refractivity contribution < 1.29 is 0 Å². The van der Waals surface area contributed by atoms with Crippen LogP contribution in [0.25, 0.3) is 10.8 Å². The quantitative estimate of drug-likeness (QED) is 0.696. The van der Waals surface area contributed by atoms with Crippen LogP contribution >= 0.6 is 0 Å². The zero-order valence-corrected chi connectivity index (χ0v) is 8.96. The molecule has 0 fully saturated rings. The van der Waals surface area contributed by atoms with Gasteiger partial charge in [0.2, 0.25) is 0 Å². The highest BCUT2D eigenvalue weighted by molar-refractivity contribution is 5.82. The lowest BCUT2D eigenvalue weighted by Crippen LogP contribution is -2.19. The molecule has 0 spiro atoms. The summed E-state index contributed by atoms with van der Waals surface area (Å²) in [5.41, 5.74) is 1.97. The highest BCUT2D eigenvalue weighted by Crippen LogP contribution is 2.33. The number of H-pyrrole nitrogens is 2. The SMILES string of the molecule is CC1CCc2cc3c(=O)[nH][nH]c(=O)c3cc21. The van der Waals surface area contributed by atoms with Gasteiger partial charge in [-0.2, -0.15) is 0 Å². The minimum atomic E-state index is -0.225. The van der Waals surface area contributed by atoms with Crippen molar-refractivity contribution in [1.29, 1.82) is 0 Å². The summed E-state index contributed by atoms with van der Waals surface area (Å²) < 4.78 is 0. The van der Waals surface area contributed by atoms with E-state index in [9.17, 15) is 9.59 Å². The van der Waals surface area contributed by atoms with E-state index in [0.717, 1.165) is 12.8 Å². The maximum Gasteiger partial charge on any atom is 0.270 e. The highest BCUT2D eigenvalue weighted by Gasteiger charge is 2.20. The molecule has 1 aromatic heterocycles. The standard InChI is InChI=1S/C12H12N2O2/c1-6-2-3-7-4-9-10(5-8(6)7)12(16)14-13-11(9)15/h4-6H,2-3H2,1H3,(H,13,15)(H,14,16). The summed E-state index contributed by atoms with van der Waals surface area (Å²) in [6.07, 6.45) is 2.10. The van der Waals surface area contributed by atoms with Crippen LogP contribution in [0.4, 0.5) is 0 Å². The van der Waals surface area contributed by atoms with Gasteiger partial charge >= 0.3 is 0 Å². The monoisotopic (exact) mass is 216 g/mol. The summed E-state index contributed by atoms with van der Waals surface area (Å²) in [6.45, 7) is 2.15. The Morgan fingerprint density at radius 2 is 1.75 bits per heavy atom. The zero-order valence-electron chi connectivity index (χ0n) is 8.96. The number of nitrogens with one attached hydrogen (secondary N) is 2. The minimum absolute atomic E-state index is 0.225. The molecule has 0 aliphatic heterocycles. The van der Waals surface area contributed by atoms with Crippen LogP contribution in [0.1, 0.15) is 30.4 Å². The molecule has 1 atom stereocenters. The third-order valence-corrected chi connectivity index (χ3v) is 3.44. The van der Waals surface area contributed by atoms with Gasteiger partial charge in [-0.05, 0) is 42.0 Å². The van der Waals surface area contributed by atoms with Gasteiger partial charge in [0.1, 0.15) is 0 Å². The maximum atomic E-state index is 11.6. The molecule has 1 unspecified atom stereocenters. The number of fused-ring (bicyclic) bond motifs is 2. The van der Waals surface area contributed by atoms with Gasteiger partial charge in [-0.15, -0.1) is 0 Å². The molecule has 4 heteroatoms. The van der Waals surface area contributed by atoms with Gasteiger partial charge in [0.15, 0.2) is 0 Å². The first-order chi connectivity index (χ1) is 7.66. The van der Waals surface area contributed by atoms with Crippen molar-refractivity contribution in [3.05, 3.63) is 44.0 Å². The Balaban J connectivity index is 2.49. The van der Waals surface area contributed by atoms with Crippen molar-refractivity contribution in [3.8, 4) is 0 Å². The lowest BCUT2D eigenvalue weighted by molar-refractivity contribution is 0.747. The van der Waals surface area contributed by atoms with E-state index in [-0.39, 0.29) is 11.1 Å². The number of aromatic amines is 2. The Labute approximate surface area is 91.3 Å². The third kappa shape index (κ3) is 1.16.